The molecule has 0 heterocycles. The second-order valence-corrected chi connectivity index (χ2v) is 4.49. The van der Waals surface area contributed by atoms with Gasteiger partial charge in [-0.1, -0.05) is 6.92 Å². The van der Waals surface area contributed by atoms with Crippen molar-refractivity contribution in [2.75, 3.05) is 7.11 Å². The van der Waals surface area contributed by atoms with E-state index in [1.165, 1.54) is 19.2 Å². The lowest BCUT2D eigenvalue weighted by molar-refractivity contribution is -0.144. The van der Waals surface area contributed by atoms with Crippen molar-refractivity contribution >= 4 is 5.97 Å². The van der Waals surface area contributed by atoms with Crippen LogP contribution in [0.1, 0.15) is 27.2 Å². The van der Waals surface area contributed by atoms with E-state index in [0.29, 0.717) is 12.2 Å². The average molecular weight is 238 g/mol. The monoisotopic (exact) mass is 238 g/mol. The molecule has 0 aromatic heterocycles. The van der Waals surface area contributed by atoms with Gasteiger partial charge in [-0.25, -0.2) is 0 Å². The van der Waals surface area contributed by atoms with Gasteiger partial charge in [0.2, 0.25) is 0 Å². The second-order valence-electron chi connectivity index (χ2n) is 4.49. The summed E-state index contributed by atoms with van der Waals surface area (Å²) >= 11 is 0. The summed E-state index contributed by atoms with van der Waals surface area (Å²) in [6.07, 6.45) is 0.682. The number of rotatable bonds is 4. The fourth-order valence-electron chi connectivity index (χ4n) is 1.12. The average Bonchev–Trinajstić information content (AvgIpc) is 2.28. The highest BCUT2D eigenvalue weighted by atomic mass is 16.5. The minimum absolute atomic E-state index is 0.00135. The molecule has 0 aliphatic carbocycles. The maximum absolute atomic E-state index is 11.8. The minimum atomic E-state index is -0.543. The van der Waals surface area contributed by atoms with Crippen molar-refractivity contribution in [2.45, 2.75) is 27.2 Å². The first-order valence-electron chi connectivity index (χ1n) is 5.49. The number of phenolic OH excluding ortho intramolecular Hbond substituents is 1. The highest BCUT2D eigenvalue weighted by Crippen LogP contribution is 2.29. The Kier molecular flexibility index (Phi) is 3.99. The van der Waals surface area contributed by atoms with Gasteiger partial charge in [0, 0.05) is 18.2 Å². The maximum Gasteiger partial charge on any atom is 0.316 e. The number of carbonyl (C=O) groups excluding carboxylic acids is 1. The number of benzene rings is 1. The Morgan fingerprint density at radius 2 is 1.88 bits per heavy atom. The van der Waals surface area contributed by atoms with Gasteiger partial charge in [0.25, 0.3) is 0 Å². The summed E-state index contributed by atoms with van der Waals surface area (Å²) in [5.74, 6) is 0.407. The summed E-state index contributed by atoms with van der Waals surface area (Å²) < 4.78 is 10.2. The van der Waals surface area contributed by atoms with Crippen LogP contribution in [0.4, 0.5) is 0 Å². The third-order valence-corrected chi connectivity index (χ3v) is 2.75. The van der Waals surface area contributed by atoms with Gasteiger partial charge >= 0.3 is 5.97 Å². The molecule has 0 atom stereocenters. The van der Waals surface area contributed by atoms with Gasteiger partial charge in [-0.2, -0.15) is 0 Å². The smallest absolute Gasteiger partial charge is 0.316 e. The predicted molar refractivity (Wildman–Crippen MR) is 64.4 cm³/mol. The maximum atomic E-state index is 11.8. The highest BCUT2D eigenvalue weighted by Gasteiger charge is 2.27. The Bertz CT molecular complexity index is 410. The minimum Gasteiger partial charge on any atom is -0.508 e. The molecule has 1 aromatic carbocycles. The molecule has 0 unspecified atom stereocenters. The lowest BCUT2D eigenvalue weighted by atomic mass is 9.91. The zero-order valence-electron chi connectivity index (χ0n) is 10.6. The van der Waals surface area contributed by atoms with E-state index in [1.807, 2.05) is 20.8 Å². The van der Waals surface area contributed by atoms with Crippen molar-refractivity contribution in [3.63, 3.8) is 0 Å². The van der Waals surface area contributed by atoms with E-state index in [0.717, 1.165) is 0 Å². The number of phenols is 1. The summed E-state index contributed by atoms with van der Waals surface area (Å²) in [5, 5.41) is 9.43. The van der Waals surface area contributed by atoms with Crippen molar-refractivity contribution < 1.29 is 19.4 Å². The molecule has 0 fully saturated rings. The number of aromatic hydroxyl groups is 1. The topological polar surface area (TPSA) is 55.8 Å². The molecule has 0 saturated heterocycles. The first-order valence-corrected chi connectivity index (χ1v) is 5.49. The predicted octanol–water partition coefficient (Wildman–Crippen LogP) is 2.74. The van der Waals surface area contributed by atoms with Crippen LogP contribution in [0.25, 0.3) is 0 Å². The molecule has 0 amide bonds. The summed E-state index contributed by atoms with van der Waals surface area (Å²) in [6, 6.07) is 4.39. The second kappa shape index (κ2) is 5.08. The number of esters is 1. The van der Waals surface area contributed by atoms with E-state index in [4.69, 9.17) is 9.47 Å². The Labute approximate surface area is 101 Å². The molecule has 0 radical (unpaired) electrons. The van der Waals surface area contributed by atoms with Crippen LogP contribution in [-0.2, 0) is 4.79 Å². The molecule has 4 heteroatoms. The van der Waals surface area contributed by atoms with Gasteiger partial charge in [-0.15, -0.1) is 0 Å². The largest absolute Gasteiger partial charge is 0.508 e. The van der Waals surface area contributed by atoms with Gasteiger partial charge in [0.05, 0.1) is 12.5 Å². The third-order valence-electron chi connectivity index (χ3n) is 2.75. The standard InChI is InChI=1S/C13H18O4/c1-5-13(2,3)12(15)17-11-7-9(14)6-10(8-11)16-4/h6-8,14H,5H2,1-4H3. The first kappa shape index (κ1) is 13.4. The Morgan fingerprint density at radius 1 is 1.29 bits per heavy atom. The summed E-state index contributed by atoms with van der Waals surface area (Å²) in [5.41, 5.74) is -0.543. The molecule has 94 valence electrons. The van der Waals surface area contributed by atoms with Crippen molar-refractivity contribution in [2.24, 2.45) is 5.41 Å². The van der Waals surface area contributed by atoms with E-state index < -0.39 is 5.41 Å². The van der Waals surface area contributed by atoms with Crippen LogP contribution >= 0.6 is 0 Å². The van der Waals surface area contributed by atoms with Gasteiger partial charge in [-0.05, 0) is 20.3 Å². The van der Waals surface area contributed by atoms with Gasteiger partial charge in [0.1, 0.15) is 17.2 Å². The van der Waals surface area contributed by atoms with Crippen molar-refractivity contribution in [3.8, 4) is 17.2 Å². The van der Waals surface area contributed by atoms with Crippen LogP contribution in [0.2, 0.25) is 0 Å². The zero-order valence-corrected chi connectivity index (χ0v) is 10.6. The molecule has 0 saturated carbocycles. The van der Waals surface area contributed by atoms with Crippen LogP contribution < -0.4 is 9.47 Å². The third kappa shape index (κ3) is 3.37. The van der Waals surface area contributed by atoms with Gasteiger partial charge < -0.3 is 14.6 Å². The van der Waals surface area contributed by atoms with E-state index in [2.05, 4.69) is 0 Å². The van der Waals surface area contributed by atoms with E-state index in [-0.39, 0.29) is 17.5 Å². The molecular formula is C13H18O4. The number of methoxy groups -OCH3 is 1. The molecule has 0 spiro atoms. The number of carbonyl (C=O) groups is 1. The van der Waals surface area contributed by atoms with E-state index >= 15 is 0 Å². The fraction of sp³-hybridized carbons (Fsp3) is 0.462. The summed E-state index contributed by atoms with van der Waals surface area (Å²) in [6.45, 7) is 5.55. The zero-order chi connectivity index (χ0) is 13.1. The normalized spacial score (nSPS) is 11.1. The molecular weight excluding hydrogens is 220 g/mol. The number of hydrogen-bond donors (Lipinski definition) is 1. The van der Waals surface area contributed by atoms with Gasteiger partial charge in [-0.3, -0.25) is 4.79 Å². The number of ether oxygens (including phenoxy) is 2. The van der Waals surface area contributed by atoms with Crippen LogP contribution in [-0.4, -0.2) is 18.2 Å². The molecule has 4 nitrogen and oxygen atoms in total. The molecule has 0 bridgehead atoms. The quantitative estimate of drug-likeness (QED) is 0.647. The van der Waals surface area contributed by atoms with E-state index in [9.17, 15) is 9.90 Å². The Balaban J connectivity index is 2.88. The molecule has 0 aliphatic rings. The lowest BCUT2D eigenvalue weighted by Gasteiger charge is -2.20. The Hall–Kier alpha value is -1.71. The van der Waals surface area contributed by atoms with Gasteiger partial charge in [0.15, 0.2) is 0 Å². The lowest BCUT2D eigenvalue weighted by Crippen LogP contribution is -2.28. The summed E-state index contributed by atoms with van der Waals surface area (Å²) in [7, 11) is 1.48. The van der Waals surface area contributed by atoms with Crippen molar-refractivity contribution in [1.82, 2.24) is 0 Å². The fourth-order valence-corrected chi connectivity index (χ4v) is 1.12. The van der Waals surface area contributed by atoms with Crippen LogP contribution in [0.5, 0.6) is 17.2 Å². The molecule has 1 rings (SSSR count). The molecule has 0 aliphatic heterocycles. The molecule has 1 N–H and O–H groups in total. The molecule has 17 heavy (non-hydrogen) atoms. The van der Waals surface area contributed by atoms with E-state index in [1.54, 1.807) is 6.07 Å². The van der Waals surface area contributed by atoms with Crippen molar-refractivity contribution in [3.05, 3.63) is 18.2 Å². The summed E-state index contributed by atoms with van der Waals surface area (Å²) in [4.78, 5) is 11.8. The van der Waals surface area contributed by atoms with Crippen LogP contribution in [0, 0.1) is 5.41 Å². The highest BCUT2D eigenvalue weighted by molar-refractivity contribution is 5.78. The molecule has 1 aromatic rings. The van der Waals surface area contributed by atoms with Crippen LogP contribution in [0.15, 0.2) is 18.2 Å². The van der Waals surface area contributed by atoms with Crippen molar-refractivity contribution in [1.29, 1.82) is 0 Å². The first-order chi connectivity index (χ1) is 7.89. The number of hydrogen-bond acceptors (Lipinski definition) is 4. The van der Waals surface area contributed by atoms with Crippen LogP contribution in [0.3, 0.4) is 0 Å². The Morgan fingerprint density at radius 3 is 2.41 bits per heavy atom. The SMILES string of the molecule is CCC(C)(C)C(=O)Oc1cc(O)cc(OC)c1.